The number of benzene rings is 1. The minimum atomic E-state index is -5.87. The van der Waals surface area contributed by atoms with Crippen molar-refractivity contribution in [2.75, 3.05) is 0 Å². The van der Waals surface area contributed by atoms with Gasteiger partial charge in [-0.05, 0) is 30.7 Å². The predicted molar refractivity (Wildman–Crippen MR) is 77.3 cm³/mol. The van der Waals surface area contributed by atoms with Gasteiger partial charge in [0.05, 0.1) is 5.57 Å². The Bertz CT molecular complexity index is 861. The summed E-state index contributed by atoms with van der Waals surface area (Å²) in [6, 6.07) is 5.68. The van der Waals surface area contributed by atoms with E-state index in [-0.39, 0.29) is 9.75 Å². The van der Waals surface area contributed by atoms with Gasteiger partial charge in [0.15, 0.2) is 5.83 Å². The van der Waals surface area contributed by atoms with Crippen LogP contribution in [-0.4, -0.2) is 17.8 Å². The van der Waals surface area contributed by atoms with Crippen LogP contribution in [-0.2, 0) is 0 Å². The van der Waals surface area contributed by atoms with Crippen LogP contribution in [0.1, 0.15) is 10.4 Å². The second kappa shape index (κ2) is 5.30. The standard InChI is InChI=1S/C16H8F8S/c1-7-10(6-11(25-7)8-2-4-9(17)5-3-8)12-13(18)15(21,22)16(23,24)14(12,19)20/h2-6H,1H3. The molecule has 1 aromatic carbocycles. The zero-order chi connectivity index (χ0) is 18.8. The molecule has 0 bridgehead atoms. The van der Waals surface area contributed by atoms with Gasteiger partial charge in [-0.15, -0.1) is 11.3 Å². The van der Waals surface area contributed by atoms with Crippen LogP contribution in [0.3, 0.4) is 0 Å². The normalized spacial score (nSPS) is 21.0. The Morgan fingerprint density at radius 1 is 0.840 bits per heavy atom. The van der Waals surface area contributed by atoms with Crippen LogP contribution in [0.15, 0.2) is 36.2 Å². The van der Waals surface area contributed by atoms with Gasteiger partial charge in [0.25, 0.3) is 0 Å². The van der Waals surface area contributed by atoms with E-state index in [0.717, 1.165) is 29.5 Å². The van der Waals surface area contributed by atoms with Gasteiger partial charge in [-0.3, -0.25) is 0 Å². The lowest BCUT2D eigenvalue weighted by Gasteiger charge is -2.24. The second-order valence-corrected chi connectivity index (χ2v) is 6.76. The lowest BCUT2D eigenvalue weighted by atomic mass is 10.0. The summed E-state index contributed by atoms with van der Waals surface area (Å²) in [5.74, 6) is -20.2. The highest BCUT2D eigenvalue weighted by molar-refractivity contribution is 7.15. The van der Waals surface area contributed by atoms with Crippen molar-refractivity contribution < 1.29 is 35.1 Å². The molecule has 0 unspecified atom stereocenters. The lowest BCUT2D eigenvalue weighted by molar-refractivity contribution is -0.263. The Kier molecular flexibility index (Phi) is 3.79. The van der Waals surface area contributed by atoms with Crippen LogP contribution < -0.4 is 0 Å². The summed E-state index contributed by atoms with van der Waals surface area (Å²) in [6.07, 6.45) is 0. The molecule has 134 valence electrons. The molecule has 0 spiro atoms. The fraction of sp³-hybridized carbons (Fsp3) is 0.250. The molecule has 1 aliphatic rings. The Balaban J connectivity index is 2.17. The maximum atomic E-state index is 13.9. The summed E-state index contributed by atoms with van der Waals surface area (Å²) in [4.78, 5) is 0.180. The van der Waals surface area contributed by atoms with E-state index in [1.165, 1.54) is 19.1 Å². The van der Waals surface area contributed by atoms with E-state index in [9.17, 15) is 35.1 Å². The van der Waals surface area contributed by atoms with Crippen LogP contribution in [0, 0.1) is 12.7 Å². The van der Waals surface area contributed by atoms with Crippen molar-refractivity contribution in [1.82, 2.24) is 0 Å². The zero-order valence-electron chi connectivity index (χ0n) is 12.3. The number of halogens is 8. The topological polar surface area (TPSA) is 0 Å². The van der Waals surface area contributed by atoms with E-state index in [1.807, 2.05) is 0 Å². The Hall–Kier alpha value is -1.90. The van der Waals surface area contributed by atoms with Gasteiger partial charge in [-0.2, -0.15) is 26.3 Å². The van der Waals surface area contributed by atoms with Crippen molar-refractivity contribution in [3.63, 3.8) is 0 Å². The van der Waals surface area contributed by atoms with E-state index >= 15 is 0 Å². The van der Waals surface area contributed by atoms with Gasteiger partial charge in [-0.1, -0.05) is 12.1 Å². The zero-order valence-corrected chi connectivity index (χ0v) is 13.1. The highest BCUT2D eigenvalue weighted by atomic mass is 32.1. The molecule has 1 aromatic heterocycles. The third kappa shape index (κ3) is 2.32. The molecule has 2 aromatic rings. The number of hydrogen-bond donors (Lipinski definition) is 0. The molecule has 0 saturated carbocycles. The largest absolute Gasteiger partial charge is 0.383 e. The second-order valence-electron chi connectivity index (χ2n) is 5.50. The van der Waals surface area contributed by atoms with Crippen LogP contribution in [0.25, 0.3) is 16.0 Å². The Labute approximate surface area is 140 Å². The van der Waals surface area contributed by atoms with Crippen molar-refractivity contribution in [3.05, 3.63) is 52.4 Å². The molecule has 0 nitrogen and oxygen atoms in total. The Morgan fingerprint density at radius 3 is 1.88 bits per heavy atom. The van der Waals surface area contributed by atoms with Gasteiger partial charge in [-0.25, -0.2) is 8.78 Å². The average molecular weight is 384 g/mol. The monoisotopic (exact) mass is 384 g/mol. The first-order valence-corrected chi connectivity index (χ1v) is 7.64. The van der Waals surface area contributed by atoms with Gasteiger partial charge >= 0.3 is 17.8 Å². The van der Waals surface area contributed by atoms with Crippen LogP contribution in [0.4, 0.5) is 35.1 Å². The number of alkyl halides is 6. The summed E-state index contributed by atoms with van der Waals surface area (Å²) in [6.45, 7) is 1.22. The summed E-state index contributed by atoms with van der Waals surface area (Å²) < 4.78 is 108. The minimum absolute atomic E-state index is 0.0438. The molecule has 1 aliphatic carbocycles. The Morgan fingerprint density at radius 2 is 1.40 bits per heavy atom. The van der Waals surface area contributed by atoms with E-state index in [4.69, 9.17) is 0 Å². The molecular weight excluding hydrogens is 376 g/mol. The number of rotatable bonds is 2. The first-order valence-electron chi connectivity index (χ1n) is 6.82. The summed E-state index contributed by atoms with van der Waals surface area (Å²) >= 11 is 0.817. The van der Waals surface area contributed by atoms with Crippen molar-refractivity contribution in [1.29, 1.82) is 0 Å². The molecule has 0 aliphatic heterocycles. The highest BCUT2D eigenvalue weighted by Gasteiger charge is 2.81. The number of allylic oxidation sites excluding steroid dienone is 2. The highest BCUT2D eigenvalue weighted by Crippen LogP contribution is 2.63. The molecule has 0 amide bonds. The van der Waals surface area contributed by atoms with E-state index in [0.29, 0.717) is 5.56 Å². The number of hydrogen-bond acceptors (Lipinski definition) is 1. The maximum absolute atomic E-state index is 13.9. The average Bonchev–Trinajstić information content (AvgIpc) is 2.92. The number of aryl methyl sites for hydroxylation is 1. The van der Waals surface area contributed by atoms with Crippen LogP contribution >= 0.6 is 11.3 Å². The molecule has 0 N–H and O–H groups in total. The van der Waals surface area contributed by atoms with Gasteiger partial charge < -0.3 is 0 Å². The summed E-state index contributed by atoms with van der Waals surface area (Å²) in [5, 5.41) is 0. The van der Waals surface area contributed by atoms with Gasteiger partial charge in [0, 0.05) is 15.3 Å². The number of thiophene rings is 1. The van der Waals surface area contributed by atoms with E-state index in [1.54, 1.807) is 0 Å². The first kappa shape index (κ1) is 17.9. The van der Waals surface area contributed by atoms with Crippen LogP contribution in [0.2, 0.25) is 0 Å². The molecule has 3 rings (SSSR count). The van der Waals surface area contributed by atoms with Gasteiger partial charge in [0.1, 0.15) is 5.82 Å². The maximum Gasteiger partial charge on any atom is 0.383 e. The van der Waals surface area contributed by atoms with E-state index < -0.39 is 40.5 Å². The van der Waals surface area contributed by atoms with Gasteiger partial charge in [0.2, 0.25) is 0 Å². The molecule has 0 saturated heterocycles. The fourth-order valence-electron chi connectivity index (χ4n) is 2.56. The third-order valence-corrected chi connectivity index (χ3v) is 5.01. The minimum Gasteiger partial charge on any atom is -0.207 e. The SMILES string of the molecule is Cc1sc(-c2ccc(F)cc2)cc1C1=C(F)C(F)(F)C(F)(F)C1(F)F. The molecule has 0 radical (unpaired) electrons. The molecular formula is C16H8F8S. The van der Waals surface area contributed by atoms with Crippen molar-refractivity contribution in [2.24, 2.45) is 0 Å². The lowest BCUT2D eigenvalue weighted by Crippen LogP contribution is -2.48. The molecule has 25 heavy (non-hydrogen) atoms. The fourth-order valence-corrected chi connectivity index (χ4v) is 3.59. The quantitative estimate of drug-likeness (QED) is 0.521. The van der Waals surface area contributed by atoms with E-state index in [2.05, 4.69) is 0 Å². The molecule has 1 heterocycles. The smallest absolute Gasteiger partial charge is 0.207 e. The third-order valence-electron chi connectivity index (χ3n) is 3.91. The van der Waals surface area contributed by atoms with Crippen molar-refractivity contribution in [2.45, 2.75) is 24.7 Å². The van der Waals surface area contributed by atoms with Crippen LogP contribution in [0.5, 0.6) is 0 Å². The summed E-state index contributed by atoms with van der Waals surface area (Å²) in [7, 11) is 0. The van der Waals surface area contributed by atoms with Crippen molar-refractivity contribution >= 4 is 16.9 Å². The predicted octanol–water partition coefficient (Wildman–Crippen LogP) is 6.46. The molecule has 0 atom stereocenters. The van der Waals surface area contributed by atoms with Crippen molar-refractivity contribution in [3.8, 4) is 10.4 Å². The molecule has 0 fully saturated rings. The summed E-state index contributed by atoms with van der Waals surface area (Å²) in [5.41, 5.74) is -2.38. The first-order chi connectivity index (χ1) is 11.4. The molecule has 9 heteroatoms.